The van der Waals surface area contributed by atoms with Gasteiger partial charge in [-0.15, -0.1) is 0 Å². The fourth-order valence-corrected chi connectivity index (χ4v) is 3.94. The second-order valence-corrected chi connectivity index (χ2v) is 6.62. The second kappa shape index (κ2) is 5.21. The zero-order chi connectivity index (χ0) is 17.0. The molecule has 0 fully saturated rings. The highest BCUT2D eigenvalue weighted by Crippen LogP contribution is 2.35. The molecule has 1 unspecified atom stereocenters. The molecule has 0 saturated carbocycles. The van der Waals surface area contributed by atoms with Crippen molar-refractivity contribution in [2.45, 2.75) is 19.4 Å². The number of amides is 1. The Morgan fingerprint density at radius 1 is 1.20 bits per heavy atom. The first-order valence-electron chi connectivity index (χ1n) is 8.56. The van der Waals surface area contributed by atoms with E-state index in [2.05, 4.69) is 40.1 Å². The van der Waals surface area contributed by atoms with Crippen molar-refractivity contribution in [3.05, 3.63) is 65.6 Å². The van der Waals surface area contributed by atoms with Crippen LogP contribution in [0, 0.1) is 0 Å². The number of fused-ring (bicyclic) bond motifs is 4. The molecule has 25 heavy (non-hydrogen) atoms. The molecule has 0 bridgehead atoms. The van der Waals surface area contributed by atoms with Crippen molar-refractivity contribution >= 4 is 27.8 Å². The average Bonchev–Trinajstić information content (AvgIpc) is 3.25. The molecule has 1 aliphatic rings. The van der Waals surface area contributed by atoms with Crippen molar-refractivity contribution in [3.63, 3.8) is 0 Å². The van der Waals surface area contributed by atoms with E-state index in [9.17, 15) is 4.79 Å². The lowest BCUT2D eigenvalue weighted by molar-refractivity contribution is 0.0675. The Morgan fingerprint density at radius 2 is 2.08 bits per heavy atom. The summed E-state index contributed by atoms with van der Waals surface area (Å²) < 4.78 is 0. The highest BCUT2D eigenvalue weighted by atomic mass is 16.2. The first kappa shape index (κ1) is 14.3. The number of rotatable bonds is 1. The number of carbonyl (C=O) groups excluding carboxylic acids is 1. The van der Waals surface area contributed by atoms with Gasteiger partial charge in [0, 0.05) is 28.7 Å². The Labute approximate surface area is 144 Å². The molecule has 5 rings (SSSR count). The monoisotopic (exact) mass is 330 g/mol. The Balaban J connectivity index is 1.53. The first-order chi connectivity index (χ1) is 12.2. The number of benzene rings is 2. The number of hydrogen-bond donors (Lipinski definition) is 2. The van der Waals surface area contributed by atoms with Crippen LogP contribution in [0.2, 0.25) is 0 Å². The van der Waals surface area contributed by atoms with Crippen LogP contribution in [-0.2, 0) is 6.42 Å². The summed E-state index contributed by atoms with van der Waals surface area (Å²) in [6.07, 6.45) is 2.53. The number of nitrogens with zero attached hydrogens (tertiary/aromatic N) is 2. The van der Waals surface area contributed by atoms with Crippen molar-refractivity contribution in [2.75, 3.05) is 6.54 Å². The quantitative estimate of drug-likeness (QED) is 0.557. The lowest BCUT2D eigenvalue weighted by Crippen LogP contribution is -2.38. The Bertz CT molecular complexity index is 1110. The van der Waals surface area contributed by atoms with Crippen LogP contribution >= 0.6 is 0 Å². The summed E-state index contributed by atoms with van der Waals surface area (Å²) in [5, 5.41) is 1.27. The van der Waals surface area contributed by atoms with Gasteiger partial charge in [0.05, 0.1) is 23.4 Å². The number of carbonyl (C=O) groups is 1. The van der Waals surface area contributed by atoms with Crippen LogP contribution < -0.4 is 0 Å². The van der Waals surface area contributed by atoms with Crippen LogP contribution in [0.15, 0.2) is 48.8 Å². The van der Waals surface area contributed by atoms with Gasteiger partial charge in [0.1, 0.15) is 0 Å². The molecule has 2 N–H and O–H groups in total. The maximum absolute atomic E-state index is 13.1. The van der Waals surface area contributed by atoms with Crippen LogP contribution in [0.5, 0.6) is 0 Å². The van der Waals surface area contributed by atoms with Crippen LogP contribution in [-0.4, -0.2) is 32.3 Å². The van der Waals surface area contributed by atoms with Gasteiger partial charge < -0.3 is 14.9 Å². The molecular formula is C20H18N4O. The third-order valence-corrected chi connectivity index (χ3v) is 5.26. The van der Waals surface area contributed by atoms with Gasteiger partial charge in [-0.3, -0.25) is 4.79 Å². The normalized spacial score (nSPS) is 17.2. The predicted molar refractivity (Wildman–Crippen MR) is 97.5 cm³/mol. The lowest BCUT2D eigenvalue weighted by Gasteiger charge is -2.33. The summed E-state index contributed by atoms with van der Waals surface area (Å²) in [6.45, 7) is 2.83. The molecule has 3 heterocycles. The van der Waals surface area contributed by atoms with Gasteiger partial charge in [-0.2, -0.15) is 0 Å². The van der Waals surface area contributed by atoms with E-state index >= 15 is 0 Å². The fourth-order valence-electron chi connectivity index (χ4n) is 3.94. The summed E-state index contributed by atoms with van der Waals surface area (Å²) in [5.74, 6) is 0.0632. The molecule has 5 heteroatoms. The van der Waals surface area contributed by atoms with Gasteiger partial charge in [-0.05, 0) is 43.2 Å². The van der Waals surface area contributed by atoms with Crippen molar-refractivity contribution in [2.24, 2.45) is 0 Å². The summed E-state index contributed by atoms with van der Waals surface area (Å²) in [5.41, 5.74) is 6.11. The molecule has 1 atom stereocenters. The molecule has 1 aliphatic heterocycles. The predicted octanol–water partition coefficient (Wildman–Crippen LogP) is 3.80. The highest BCUT2D eigenvalue weighted by molar-refractivity contribution is 5.98. The van der Waals surface area contributed by atoms with Gasteiger partial charge in [0.25, 0.3) is 5.91 Å². The third-order valence-electron chi connectivity index (χ3n) is 5.26. The van der Waals surface area contributed by atoms with Crippen LogP contribution in [0.25, 0.3) is 21.9 Å². The minimum atomic E-state index is 0.0288. The standard InChI is InChI=1S/C20H18N4O/c1-12-19-15(14-4-2-3-5-16(14)23-19)8-9-24(12)20(25)13-6-7-17-18(10-13)22-11-21-17/h2-7,10-12,23H,8-9H2,1H3,(H,21,22). The first-order valence-corrected chi connectivity index (χ1v) is 8.56. The van der Waals surface area contributed by atoms with Gasteiger partial charge >= 0.3 is 0 Å². The number of para-hydroxylation sites is 1. The maximum Gasteiger partial charge on any atom is 0.254 e. The zero-order valence-corrected chi connectivity index (χ0v) is 13.9. The minimum absolute atomic E-state index is 0.0288. The molecule has 0 spiro atoms. The molecule has 5 nitrogen and oxygen atoms in total. The second-order valence-electron chi connectivity index (χ2n) is 6.62. The Kier molecular flexibility index (Phi) is 2.98. The topological polar surface area (TPSA) is 64.8 Å². The van der Waals surface area contributed by atoms with E-state index in [0.717, 1.165) is 35.2 Å². The Hall–Kier alpha value is -3.08. The van der Waals surface area contributed by atoms with E-state index in [-0.39, 0.29) is 11.9 Å². The van der Waals surface area contributed by atoms with E-state index in [0.29, 0.717) is 5.56 Å². The van der Waals surface area contributed by atoms with Gasteiger partial charge in [-0.25, -0.2) is 4.98 Å². The van der Waals surface area contributed by atoms with E-state index in [4.69, 9.17) is 0 Å². The molecule has 0 saturated heterocycles. The summed E-state index contributed by atoms with van der Waals surface area (Å²) in [7, 11) is 0. The largest absolute Gasteiger partial charge is 0.356 e. The molecule has 0 radical (unpaired) electrons. The SMILES string of the molecule is CC1c2[nH]c3ccccc3c2CCN1C(=O)c1ccc2nc[nH]c2c1. The smallest absolute Gasteiger partial charge is 0.254 e. The number of hydrogen-bond acceptors (Lipinski definition) is 2. The molecule has 2 aromatic carbocycles. The van der Waals surface area contributed by atoms with Gasteiger partial charge in [0.15, 0.2) is 0 Å². The highest BCUT2D eigenvalue weighted by Gasteiger charge is 2.30. The van der Waals surface area contributed by atoms with E-state index in [1.807, 2.05) is 29.2 Å². The van der Waals surface area contributed by atoms with Crippen LogP contribution in [0.3, 0.4) is 0 Å². The number of H-pyrrole nitrogens is 2. The van der Waals surface area contributed by atoms with Crippen molar-refractivity contribution in [3.8, 4) is 0 Å². The number of nitrogens with one attached hydrogen (secondary N) is 2. The van der Waals surface area contributed by atoms with E-state index < -0.39 is 0 Å². The zero-order valence-electron chi connectivity index (χ0n) is 13.9. The fraction of sp³-hybridized carbons (Fsp3) is 0.200. The lowest BCUT2D eigenvalue weighted by atomic mass is 9.97. The molecule has 4 aromatic rings. The molecular weight excluding hydrogens is 312 g/mol. The average molecular weight is 330 g/mol. The van der Waals surface area contributed by atoms with Crippen LogP contribution in [0.4, 0.5) is 0 Å². The summed E-state index contributed by atoms with van der Waals surface area (Å²) in [6, 6.07) is 14.0. The van der Waals surface area contributed by atoms with E-state index in [1.165, 1.54) is 10.9 Å². The molecule has 1 amide bonds. The van der Waals surface area contributed by atoms with Gasteiger partial charge in [-0.1, -0.05) is 18.2 Å². The molecule has 0 aliphatic carbocycles. The van der Waals surface area contributed by atoms with Crippen molar-refractivity contribution < 1.29 is 4.79 Å². The maximum atomic E-state index is 13.1. The summed E-state index contributed by atoms with van der Waals surface area (Å²) >= 11 is 0. The summed E-state index contributed by atoms with van der Waals surface area (Å²) in [4.78, 5) is 25.8. The number of aromatic amines is 2. The number of imidazole rings is 1. The molecule has 124 valence electrons. The molecule has 2 aromatic heterocycles. The number of aromatic nitrogens is 3. The van der Waals surface area contributed by atoms with Crippen LogP contribution in [0.1, 0.15) is 34.6 Å². The third kappa shape index (κ3) is 2.09. The van der Waals surface area contributed by atoms with Crippen molar-refractivity contribution in [1.29, 1.82) is 0 Å². The van der Waals surface area contributed by atoms with Crippen molar-refractivity contribution in [1.82, 2.24) is 19.9 Å². The Morgan fingerprint density at radius 3 is 3.00 bits per heavy atom. The minimum Gasteiger partial charge on any atom is -0.356 e. The van der Waals surface area contributed by atoms with Gasteiger partial charge in [0.2, 0.25) is 0 Å². The van der Waals surface area contributed by atoms with E-state index in [1.54, 1.807) is 6.33 Å².